The highest BCUT2D eigenvalue weighted by atomic mass is 16.5. The molecule has 0 spiro atoms. The lowest BCUT2D eigenvalue weighted by molar-refractivity contribution is -0.125. The Labute approximate surface area is 140 Å². The standard InChI is InChI=1S/C18H20N2O4/c1-11-17(12(2)24-20-11)18(22)23-10-16(21)19-15-9-5-7-13-6-3-4-8-14(13)15/h3-4,6,8,15H,5,7,9-10H2,1-2H3,(H,19,21)/t15-/m1/s1. The van der Waals surface area contributed by atoms with Gasteiger partial charge in [0.05, 0.1) is 11.7 Å². The van der Waals surface area contributed by atoms with Crippen LogP contribution in [0.3, 0.4) is 0 Å². The fraction of sp³-hybridized carbons (Fsp3) is 0.389. The van der Waals surface area contributed by atoms with Gasteiger partial charge in [-0.2, -0.15) is 0 Å². The van der Waals surface area contributed by atoms with E-state index < -0.39 is 5.97 Å². The van der Waals surface area contributed by atoms with Crippen molar-refractivity contribution in [3.63, 3.8) is 0 Å². The maximum absolute atomic E-state index is 12.1. The molecule has 1 aromatic heterocycles. The first kappa shape index (κ1) is 16.2. The Bertz CT molecular complexity index is 747. The van der Waals surface area contributed by atoms with Crippen molar-refractivity contribution >= 4 is 11.9 Å². The van der Waals surface area contributed by atoms with Gasteiger partial charge in [0.2, 0.25) is 0 Å². The Kier molecular flexibility index (Phi) is 4.64. The van der Waals surface area contributed by atoms with Crippen LogP contribution in [0, 0.1) is 13.8 Å². The molecule has 1 aliphatic carbocycles. The number of carbonyl (C=O) groups excluding carboxylic acids is 2. The van der Waals surface area contributed by atoms with Crippen LogP contribution in [0.15, 0.2) is 28.8 Å². The van der Waals surface area contributed by atoms with Gasteiger partial charge in [-0.25, -0.2) is 4.79 Å². The number of rotatable bonds is 4. The van der Waals surface area contributed by atoms with Crippen molar-refractivity contribution in [2.75, 3.05) is 6.61 Å². The number of hydrogen-bond donors (Lipinski definition) is 1. The van der Waals surface area contributed by atoms with Crippen LogP contribution in [0.4, 0.5) is 0 Å². The second kappa shape index (κ2) is 6.86. The average Bonchev–Trinajstić information content (AvgIpc) is 2.92. The van der Waals surface area contributed by atoms with Crippen molar-refractivity contribution in [2.45, 2.75) is 39.2 Å². The van der Waals surface area contributed by atoms with E-state index in [-0.39, 0.29) is 24.1 Å². The van der Waals surface area contributed by atoms with Gasteiger partial charge in [-0.3, -0.25) is 4.79 Å². The van der Waals surface area contributed by atoms with Crippen LogP contribution in [0.1, 0.15) is 51.8 Å². The number of hydrogen-bond acceptors (Lipinski definition) is 5. The van der Waals surface area contributed by atoms with E-state index in [2.05, 4.69) is 16.5 Å². The summed E-state index contributed by atoms with van der Waals surface area (Å²) in [5.41, 5.74) is 3.15. The zero-order valence-corrected chi connectivity index (χ0v) is 13.8. The molecular weight excluding hydrogens is 308 g/mol. The van der Waals surface area contributed by atoms with Crippen molar-refractivity contribution in [3.8, 4) is 0 Å². The average molecular weight is 328 g/mol. The Morgan fingerprint density at radius 2 is 2.12 bits per heavy atom. The van der Waals surface area contributed by atoms with Crippen LogP contribution in [0.2, 0.25) is 0 Å². The molecular formula is C18H20N2O4. The number of nitrogens with zero attached hydrogens (tertiary/aromatic N) is 1. The molecule has 6 nitrogen and oxygen atoms in total. The quantitative estimate of drug-likeness (QED) is 0.873. The highest BCUT2D eigenvalue weighted by Gasteiger charge is 2.23. The summed E-state index contributed by atoms with van der Waals surface area (Å²) in [5.74, 6) is -0.513. The summed E-state index contributed by atoms with van der Waals surface area (Å²) in [4.78, 5) is 24.2. The maximum atomic E-state index is 12.1. The monoisotopic (exact) mass is 328 g/mol. The number of aryl methyl sites for hydroxylation is 3. The highest BCUT2D eigenvalue weighted by Crippen LogP contribution is 2.29. The summed E-state index contributed by atoms with van der Waals surface area (Å²) in [5, 5.41) is 6.66. The molecule has 1 aromatic carbocycles. The first-order valence-corrected chi connectivity index (χ1v) is 8.03. The topological polar surface area (TPSA) is 81.4 Å². The number of fused-ring (bicyclic) bond motifs is 1. The number of benzene rings is 1. The molecule has 2 aromatic rings. The Hall–Kier alpha value is -2.63. The van der Waals surface area contributed by atoms with E-state index in [1.165, 1.54) is 5.56 Å². The molecule has 0 fully saturated rings. The summed E-state index contributed by atoms with van der Waals surface area (Å²) in [6, 6.07) is 8.08. The smallest absolute Gasteiger partial charge is 0.344 e. The minimum absolute atomic E-state index is 0.0276. The van der Waals surface area contributed by atoms with Crippen molar-refractivity contribution in [1.29, 1.82) is 0 Å². The third kappa shape index (κ3) is 3.32. The number of aromatic nitrogens is 1. The van der Waals surface area contributed by atoms with Gasteiger partial charge < -0.3 is 14.6 Å². The molecule has 3 rings (SSSR count). The molecule has 1 heterocycles. The van der Waals surface area contributed by atoms with Crippen LogP contribution in [0.25, 0.3) is 0 Å². The lowest BCUT2D eigenvalue weighted by atomic mass is 9.88. The van der Waals surface area contributed by atoms with E-state index in [4.69, 9.17) is 9.26 Å². The van der Waals surface area contributed by atoms with Gasteiger partial charge in [0, 0.05) is 0 Å². The van der Waals surface area contributed by atoms with Gasteiger partial charge in [0.1, 0.15) is 11.3 Å². The van der Waals surface area contributed by atoms with Crippen LogP contribution >= 0.6 is 0 Å². The van der Waals surface area contributed by atoms with Gasteiger partial charge in [0.15, 0.2) is 6.61 Å². The van der Waals surface area contributed by atoms with E-state index >= 15 is 0 Å². The first-order chi connectivity index (χ1) is 11.6. The van der Waals surface area contributed by atoms with E-state index in [1.54, 1.807) is 13.8 Å². The first-order valence-electron chi connectivity index (χ1n) is 8.03. The molecule has 0 saturated carbocycles. The minimum atomic E-state index is -0.592. The van der Waals surface area contributed by atoms with Gasteiger partial charge in [-0.05, 0) is 44.2 Å². The SMILES string of the molecule is Cc1noc(C)c1C(=O)OCC(=O)N[C@@H]1CCCc2ccccc21. The third-order valence-electron chi connectivity index (χ3n) is 4.28. The van der Waals surface area contributed by atoms with E-state index in [0.29, 0.717) is 11.5 Å². The van der Waals surface area contributed by atoms with E-state index in [0.717, 1.165) is 24.8 Å². The molecule has 1 atom stereocenters. The molecule has 0 saturated heterocycles. The lowest BCUT2D eigenvalue weighted by Gasteiger charge is -2.26. The second-order valence-corrected chi connectivity index (χ2v) is 5.99. The number of amides is 1. The van der Waals surface area contributed by atoms with Crippen LogP contribution in [0.5, 0.6) is 0 Å². The summed E-state index contributed by atoms with van der Waals surface area (Å²) < 4.78 is 10.0. The molecule has 0 radical (unpaired) electrons. The van der Waals surface area contributed by atoms with Gasteiger partial charge in [-0.1, -0.05) is 29.4 Å². The normalized spacial score (nSPS) is 16.3. The van der Waals surface area contributed by atoms with Crippen LogP contribution < -0.4 is 5.32 Å². The fourth-order valence-electron chi connectivity index (χ4n) is 3.12. The maximum Gasteiger partial charge on any atom is 0.344 e. The molecule has 1 N–H and O–H groups in total. The summed E-state index contributed by atoms with van der Waals surface area (Å²) in [6.07, 6.45) is 2.95. The summed E-state index contributed by atoms with van der Waals surface area (Å²) in [7, 11) is 0. The fourth-order valence-corrected chi connectivity index (χ4v) is 3.12. The number of nitrogens with one attached hydrogen (secondary N) is 1. The molecule has 24 heavy (non-hydrogen) atoms. The number of ether oxygens (including phenoxy) is 1. The molecule has 0 unspecified atom stereocenters. The minimum Gasteiger partial charge on any atom is -0.452 e. The lowest BCUT2D eigenvalue weighted by Crippen LogP contribution is -2.34. The zero-order valence-electron chi connectivity index (χ0n) is 13.8. The molecule has 0 bridgehead atoms. The molecule has 126 valence electrons. The number of esters is 1. The second-order valence-electron chi connectivity index (χ2n) is 5.99. The summed E-state index contributed by atoms with van der Waals surface area (Å²) >= 11 is 0. The third-order valence-corrected chi connectivity index (χ3v) is 4.28. The van der Waals surface area contributed by atoms with Gasteiger partial charge in [-0.15, -0.1) is 0 Å². The Balaban J connectivity index is 1.58. The molecule has 0 aliphatic heterocycles. The molecule has 6 heteroatoms. The van der Waals surface area contributed by atoms with Crippen molar-refractivity contribution in [3.05, 3.63) is 52.4 Å². The molecule has 1 aliphatic rings. The van der Waals surface area contributed by atoms with Crippen molar-refractivity contribution in [2.24, 2.45) is 0 Å². The van der Waals surface area contributed by atoms with Crippen LogP contribution in [-0.2, 0) is 16.0 Å². The Morgan fingerprint density at radius 1 is 1.33 bits per heavy atom. The zero-order chi connectivity index (χ0) is 17.1. The van der Waals surface area contributed by atoms with E-state index in [1.807, 2.05) is 18.2 Å². The molecule has 1 amide bonds. The van der Waals surface area contributed by atoms with Gasteiger partial charge in [0.25, 0.3) is 5.91 Å². The number of carbonyl (C=O) groups is 2. The predicted octanol–water partition coefficient (Wildman–Crippen LogP) is 2.64. The highest BCUT2D eigenvalue weighted by molar-refractivity contribution is 5.93. The largest absolute Gasteiger partial charge is 0.452 e. The van der Waals surface area contributed by atoms with Crippen molar-refractivity contribution in [1.82, 2.24) is 10.5 Å². The summed E-state index contributed by atoms with van der Waals surface area (Å²) in [6.45, 7) is 2.98. The van der Waals surface area contributed by atoms with Crippen LogP contribution in [-0.4, -0.2) is 23.6 Å². The van der Waals surface area contributed by atoms with Crippen molar-refractivity contribution < 1.29 is 18.8 Å². The van der Waals surface area contributed by atoms with E-state index in [9.17, 15) is 9.59 Å². The Morgan fingerprint density at radius 3 is 2.88 bits per heavy atom. The van der Waals surface area contributed by atoms with Gasteiger partial charge >= 0.3 is 5.97 Å². The predicted molar refractivity (Wildman–Crippen MR) is 86.5 cm³/mol.